The quantitative estimate of drug-likeness (QED) is 0.710. The molecule has 0 saturated carbocycles. The fourth-order valence-electron chi connectivity index (χ4n) is 3.87. The molecular formula is C24H32N2O3. The van der Waals surface area contributed by atoms with Crippen LogP contribution in [-0.2, 0) is 6.54 Å². The highest BCUT2D eigenvalue weighted by Crippen LogP contribution is 2.31. The maximum absolute atomic E-state index is 12.8. The van der Waals surface area contributed by atoms with Crippen LogP contribution in [0.2, 0.25) is 0 Å². The van der Waals surface area contributed by atoms with Gasteiger partial charge in [-0.1, -0.05) is 31.5 Å². The van der Waals surface area contributed by atoms with Crippen molar-refractivity contribution in [3.63, 3.8) is 0 Å². The van der Waals surface area contributed by atoms with Crippen LogP contribution in [0.25, 0.3) is 0 Å². The molecule has 0 bridgehead atoms. The zero-order valence-electron chi connectivity index (χ0n) is 17.7. The number of methoxy groups -OCH3 is 2. The van der Waals surface area contributed by atoms with Crippen LogP contribution in [-0.4, -0.2) is 38.1 Å². The average molecular weight is 397 g/mol. The standard InChI is InChI=1S/C24H32N2O3/c1-4-21(20-12-13-22(28-2)23(16-20)29-3)25-24(27)19-10-8-18(9-11-19)17-26-14-6-5-7-15-26/h8-13,16,21H,4-7,14-15,17H2,1-3H3,(H,25,27). The first kappa shape index (κ1) is 21.2. The SMILES string of the molecule is CCC(NC(=O)c1ccc(CN2CCCCC2)cc1)c1ccc(OC)c(OC)c1. The van der Waals surface area contributed by atoms with E-state index in [-0.39, 0.29) is 11.9 Å². The van der Waals surface area contributed by atoms with Gasteiger partial charge in [-0.2, -0.15) is 0 Å². The van der Waals surface area contributed by atoms with Gasteiger partial charge in [0.25, 0.3) is 5.91 Å². The van der Waals surface area contributed by atoms with Crippen LogP contribution in [0.4, 0.5) is 0 Å². The lowest BCUT2D eigenvalue weighted by Gasteiger charge is -2.26. The van der Waals surface area contributed by atoms with Crippen LogP contribution < -0.4 is 14.8 Å². The van der Waals surface area contributed by atoms with Gasteiger partial charge in [-0.25, -0.2) is 0 Å². The molecule has 0 radical (unpaired) electrons. The van der Waals surface area contributed by atoms with Gasteiger partial charge in [0.2, 0.25) is 0 Å². The summed E-state index contributed by atoms with van der Waals surface area (Å²) in [6.07, 6.45) is 4.70. The van der Waals surface area contributed by atoms with Gasteiger partial charge in [-0.05, 0) is 67.7 Å². The minimum Gasteiger partial charge on any atom is -0.493 e. The van der Waals surface area contributed by atoms with Crippen molar-refractivity contribution < 1.29 is 14.3 Å². The number of amides is 1. The number of carbonyl (C=O) groups excluding carboxylic acids is 1. The van der Waals surface area contributed by atoms with Crippen molar-refractivity contribution in [1.29, 1.82) is 0 Å². The highest BCUT2D eigenvalue weighted by molar-refractivity contribution is 5.94. The third-order valence-corrected chi connectivity index (χ3v) is 5.59. The summed E-state index contributed by atoms with van der Waals surface area (Å²) in [5.74, 6) is 1.29. The lowest BCUT2D eigenvalue weighted by molar-refractivity contribution is 0.0935. The summed E-state index contributed by atoms with van der Waals surface area (Å²) in [5, 5.41) is 3.14. The van der Waals surface area contributed by atoms with E-state index >= 15 is 0 Å². The Labute approximate surface area is 174 Å². The predicted octanol–water partition coefficient (Wildman–Crippen LogP) is 4.57. The van der Waals surface area contributed by atoms with Gasteiger partial charge in [0, 0.05) is 12.1 Å². The Balaban J connectivity index is 1.64. The molecule has 2 aromatic carbocycles. The van der Waals surface area contributed by atoms with Crippen LogP contribution in [0.1, 0.15) is 60.1 Å². The number of ether oxygens (including phenoxy) is 2. The third-order valence-electron chi connectivity index (χ3n) is 5.59. The monoisotopic (exact) mass is 396 g/mol. The predicted molar refractivity (Wildman–Crippen MR) is 116 cm³/mol. The normalized spacial score (nSPS) is 15.6. The molecule has 1 fully saturated rings. The van der Waals surface area contributed by atoms with Crippen LogP contribution >= 0.6 is 0 Å². The fourth-order valence-corrected chi connectivity index (χ4v) is 3.87. The molecule has 1 N–H and O–H groups in total. The number of hydrogen-bond donors (Lipinski definition) is 1. The van der Waals surface area contributed by atoms with E-state index in [1.807, 2.05) is 30.3 Å². The van der Waals surface area contributed by atoms with Gasteiger partial charge in [0.05, 0.1) is 20.3 Å². The molecule has 29 heavy (non-hydrogen) atoms. The minimum absolute atomic E-state index is 0.0591. The first-order chi connectivity index (χ1) is 14.1. The smallest absolute Gasteiger partial charge is 0.251 e. The van der Waals surface area contributed by atoms with Gasteiger partial charge >= 0.3 is 0 Å². The summed E-state index contributed by atoms with van der Waals surface area (Å²) in [6.45, 7) is 5.37. The molecular weight excluding hydrogens is 364 g/mol. The molecule has 156 valence electrons. The molecule has 0 aromatic heterocycles. The Hall–Kier alpha value is -2.53. The van der Waals surface area contributed by atoms with Crippen molar-refractivity contribution in [3.05, 3.63) is 59.2 Å². The van der Waals surface area contributed by atoms with E-state index < -0.39 is 0 Å². The Morgan fingerprint density at radius 3 is 2.31 bits per heavy atom. The second kappa shape index (κ2) is 10.3. The number of benzene rings is 2. The number of hydrogen-bond acceptors (Lipinski definition) is 4. The molecule has 0 spiro atoms. The van der Waals surface area contributed by atoms with Crippen molar-refractivity contribution in [2.45, 2.75) is 45.2 Å². The van der Waals surface area contributed by atoms with E-state index in [4.69, 9.17) is 9.47 Å². The lowest BCUT2D eigenvalue weighted by atomic mass is 10.0. The number of carbonyl (C=O) groups is 1. The van der Waals surface area contributed by atoms with Gasteiger partial charge in [-0.15, -0.1) is 0 Å². The zero-order valence-corrected chi connectivity index (χ0v) is 17.7. The molecule has 1 atom stereocenters. The van der Waals surface area contributed by atoms with E-state index in [2.05, 4.69) is 29.3 Å². The largest absolute Gasteiger partial charge is 0.493 e. The van der Waals surface area contributed by atoms with Crippen molar-refractivity contribution in [1.82, 2.24) is 10.2 Å². The molecule has 1 saturated heterocycles. The lowest BCUT2D eigenvalue weighted by Crippen LogP contribution is -2.29. The molecule has 5 heteroatoms. The number of piperidine rings is 1. The first-order valence-electron chi connectivity index (χ1n) is 10.5. The Morgan fingerprint density at radius 2 is 1.69 bits per heavy atom. The molecule has 1 heterocycles. The van der Waals surface area contributed by atoms with E-state index in [1.54, 1.807) is 14.2 Å². The molecule has 1 aliphatic rings. The second-order valence-electron chi connectivity index (χ2n) is 7.58. The first-order valence-corrected chi connectivity index (χ1v) is 10.5. The Kier molecular flexibility index (Phi) is 7.53. The molecule has 2 aromatic rings. The van der Waals surface area contributed by atoms with Gasteiger partial charge in [0.15, 0.2) is 11.5 Å². The third kappa shape index (κ3) is 5.51. The van der Waals surface area contributed by atoms with Crippen LogP contribution in [0.15, 0.2) is 42.5 Å². The van der Waals surface area contributed by atoms with E-state index in [9.17, 15) is 4.79 Å². The number of likely N-dealkylation sites (tertiary alicyclic amines) is 1. The highest BCUT2D eigenvalue weighted by Gasteiger charge is 2.17. The van der Waals surface area contributed by atoms with Crippen molar-refractivity contribution in [2.24, 2.45) is 0 Å². The number of rotatable bonds is 8. The van der Waals surface area contributed by atoms with Gasteiger partial charge in [-0.3, -0.25) is 9.69 Å². The Bertz CT molecular complexity index is 798. The van der Waals surface area contributed by atoms with E-state index in [1.165, 1.54) is 37.9 Å². The maximum Gasteiger partial charge on any atom is 0.251 e. The van der Waals surface area contributed by atoms with Crippen molar-refractivity contribution >= 4 is 5.91 Å². The summed E-state index contributed by atoms with van der Waals surface area (Å²) < 4.78 is 10.7. The number of nitrogens with zero attached hydrogens (tertiary/aromatic N) is 1. The second-order valence-corrected chi connectivity index (χ2v) is 7.58. The van der Waals surface area contributed by atoms with Crippen LogP contribution in [0.5, 0.6) is 11.5 Å². The summed E-state index contributed by atoms with van der Waals surface area (Å²) >= 11 is 0. The van der Waals surface area contributed by atoms with E-state index in [0.717, 1.165) is 18.5 Å². The topological polar surface area (TPSA) is 50.8 Å². The zero-order chi connectivity index (χ0) is 20.6. The van der Waals surface area contributed by atoms with E-state index in [0.29, 0.717) is 17.1 Å². The highest BCUT2D eigenvalue weighted by atomic mass is 16.5. The average Bonchev–Trinajstić information content (AvgIpc) is 2.78. The van der Waals surface area contributed by atoms with Crippen LogP contribution in [0, 0.1) is 0 Å². The van der Waals surface area contributed by atoms with Gasteiger partial charge < -0.3 is 14.8 Å². The molecule has 1 unspecified atom stereocenters. The summed E-state index contributed by atoms with van der Waals surface area (Å²) in [5.41, 5.74) is 2.95. The summed E-state index contributed by atoms with van der Waals surface area (Å²) in [7, 11) is 3.23. The maximum atomic E-state index is 12.8. The molecule has 1 amide bonds. The summed E-state index contributed by atoms with van der Waals surface area (Å²) in [4.78, 5) is 15.3. The van der Waals surface area contributed by atoms with Crippen molar-refractivity contribution in [2.75, 3.05) is 27.3 Å². The molecule has 3 rings (SSSR count). The summed E-state index contributed by atoms with van der Waals surface area (Å²) in [6, 6.07) is 13.7. The Morgan fingerprint density at radius 1 is 1.00 bits per heavy atom. The minimum atomic E-state index is -0.0877. The van der Waals surface area contributed by atoms with Crippen LogP contribution in [0.3, 0.4) is 0 Å². The number of nitrogens with one attached hydrogen (secondary N) is 1. The molecule has 1 aliphatic heterocycles. The molecule has 0 aliphatic carbocycles. The van der Waals surface area contributed by atoms with Gasteiger partial charge in [0.1, 0.15) is 0 Å². The molecule has 5 nitrogen and oxygen atoms in total. The fraction of sp³-hybridized carbons (Fsp3) is 0.458. The van der Waals surface area contributed by atoms with Crippen molar-refractivity contribution in [3.8, 4) is 11.5 Å².